The third-order valence-corrected chi connectivity index (χ3v) is 12.1. The Hall–Kier alpha value is -5.00. The van der Waals surface area contributed by atoms with Crippen molar-refractivity contribution >= 4 is 58.0 Å². The summed E-state index contributed by atoms with van der Waals surface area (Å²) in [7, 11) is 0. The Labute approximate surface area is 351 Å². The summed E-state index contributed by atoms with van der Waals surface area (Å²) in [5.74, 6) is 0.977. The van der Waals surface area contributed by atoms with Crippen molar-refractivity contribution < 1.29 is 33.4 Å². The van der Waals surface area contributed by atoms with E-state index in [1.165, 1.54) is 4.88 Å². The largest absolute Gasteiger partial charge is 0.379 e. The number of ether oxygens (including phenoxy) is 3. The highest BCUT2D eigenvalue weighted by Gasteiger charge is 2.32. The highest BCUT2D eigenvalue weighted by molar-refractivity contribution is 7.15. The molecule has 3 aliphatic heterocycles. The molecule has 17 heteroatoms. The van der Waals surface area contributed by atoms with E-state index < -0.39 is 6.04 Å². The number of hydrogen-bond acceptors (Lipinski definition) is 11. The van der Waals surface area contributed by atoms with Crippen LogP contribution in [0.4, 0.5) is 5.69 Å². The van der Waals surface area contributed by atoms with Crippen LogP contribution in [0.3, 0.4) is 0 Å². The number of fused-ring (bicyclic) bond motifs is 4. The number of thiophene rings is 1. The van der Waals surface area contributed by atoms with Crippen molar-refractivity contribution in [3.8, 4) is 5.00 Å². The van der Waals surface area contributed by atoms with Crippen LogP contribution in [-0.2, 0) is 35.0 Å². The molecule has 312 valence electrons. The summed E-state index contributed by atoms with van der Waals surface area (Å²) in [6, 6.07) is 12.4. The number of nitrogens with zero attached hydrogens (tertiary/aromatic N) is 5. The lowest BCUT2D eigenvalue weighted by atomic mass is 9.99. The summed E-state index contributed by atoms with van der Waals surface area (Å²) in [5.41, 5.74) is 6.03. The van der Waals surface area contributed by atoms with E-state index in [1.54, 1.807) is 34.4 Å². The van der Waals surface area contributed by atoms with E-state index in [0.29, 0.717) is 88.3 Å². The van der Waals surface area contributed by atoms with Gasteiger partial charge in [-0.3, -0.25) is 28.7 Å². The number of likely N-dealkylation sites (tertiary alicyclic amines) is 1. The van der Waals surface area contributed by atoms with E-state index >= 15 is 0 Å². The molecule has 5 heterocycles. The molecule has 0 saturated carbocycles. The van der Waals surface area contributed by atoms with Crippen LogP contribution in [-0.4, -0.2) is 114 Å². The molecule has 1 saturated heterocycles. The zero-order chi connectivity index (χ0) is 41.5. The number of aryl methyl sites for hydroxylation is 2. The lowest BCUT2D eigenvalue weighted by Gasteiger charge is -2.32. The minimum Gasteiger partial charge on any atom is -0.379 e. The van der Waals surface area contributed by atoms with Gasteiger partial charge in [-0.25, -0.2) is 0 Å². The molecular formula is C42H49ClN8O7S. The van der Waals surface area contributed by atoms with Crippen molar-refractivity contribution in [2.75, 3.05) is 64.6 Å². The Morgan fingerprint density at radius 1 is 0.915 bits per heavy atom. The van der Waals surface area contributed by atoms with Gasteiger partial charge in [0.1, 0.15) is 16.9 Å². The number of carbonyl (C=O) groups is 4. The molecule has 0 spiro atoms. The molecular weight excluding hydrogens is 796 g/mol. The number of nitrogens with one attached hydrogen (secondary N) is 3. The Morgan fingerprint density at radius 3 is 2.37 bits per heavy atom. The highest BCUT2D eigenvalue weighted by Crippen LogP contribution is 2.39. The normalized spacial score (nSPS) is 16.1. The predicted octanol–water partition coefficient (Wildman–Crippen LogP) is 4.66. The highest BCUT2D eigenvalue weighted by atomic mass is 35.5. The quantitative estimate of drug-likeness (QED) is 0.128. The first kappa shape index (κ1) is 42.1. The standard InChI is InChI=1S/C42H49ClN8O7S/c1-25-26(2)59-42-38(25)39(28-4-7-31(43)8-5-28)47-34(40-49-48-27(3)51(40)42)24-36(53)44-13-17-57-19-21-58-20-18-56-16-12-35(52)45-32-10-14-50(15-11-32)41(55)29-6-9-33-30(22-29)23-37(54)46-33/h4-9,22,32,34H,10-21,23-24H2,1-3H3,(H,44,53)(H,45,52)(H,46,54)/t34-/m0/s1. The summed E-state index contributed by atoms with van der Waals surface area (Å²) < 4.78 is 18.8. The Bertz CT molecular complexity index is 2210. The number of anilines is 1. The number of piperidine rings is 1. The molecule has 0 bridgehead atoms. The number of aliphatic imine (C=N–C) groups is 1. The number of amides is 4. The zero-order valence-electron chi connectivity index (χ0n) is 33.5. The first-order valence-electron chi connectivity index (χ1n) is 19.9. The van der Waals surface area contributed by atoms with Gasteiger partial charge in [-0.2, -0.15) is 0 Å². The second-order valence-electron chi connectivity index (χ2n) is 14.8. The summed E-state index contributed by atoms with van der Waals surface area (Å²) in [6.45, 7) is 9.55. The molecule has 2 aromatic carbocycles. The van der Waals surface area contributed by atoms with E-state index in [0.717, 1.165) is 44.5 Å². The van der Waals surface area contributed by atoms with Gasteiger partial charge in [0, 0.05) is 64.4 Å². The van der Waals surface area contributed by atoms with Gasteiger partial charge in [-0.1, -0.05) is 23.7 Å². The van der Waals surface area contributed by atoms with Gasteiger partial charge >= 0.3 is 0 Å². The molecule has 4 aromatic rings. The fraction of sp³-hybridized carbons (Fsp3) is 0.452. The van der Waals surface area contributed by atoms with Crippen molar-refractivity contribution in [3.63, 3.8) is 0 Å². The predicted molar refractivity (Wildman–Crippen MR) is 224 cm³/mol. The summed E-state index contributed by atoms with van der Waals surface area (Å²) >= 11 is 7.88. The minimum absolute atomic E-state index is 0.00551. The molecule has 3 N–H and O–H groups in total. The molecule has 0 radical (unpaired) electrons. The number of hydrogen-bond donors (Lipinski definition) is 3. The number of halogens is 1. The average molecular weight is 845 g/mol. The fourth-order valence-electron chi connectivity index (χ4n) is 7.42. The van der Waals surface area contributed by atoms with Gasteiger partial charge in [-0.05, 0) is 75.1 Å². The van der Waals surface area contributed by atoms with Crippen molar-refractivity contribution in [2.45, 2.75) is 65.0 Å². The van der Waals surface area contributed by atoms with Crippen molar-refractivity contribution in [1.82, 2.24) is 30.3 Å². The topological polar surface area (TPSA) is 178 Å². The van der Waals surface area contributed by atoms with Gasteiger partial charge in [0.15, 0.2) is 5.82 Å². The maximum Gasteiger partial charge on any atom is 0.253 e. The molecule has 4 amide bonds. The second kappa shape index (κ2) is 19.4. The van der Waals surface area contributed by atoms with Crippen molar-refractivity contribution in [1.29, 1.82) is 0 Å². The van der Waals surface area contributed by atoms with Gasteiger partial charge in [0.25, 0.3) is 5.91 Å². The molecule has 1 fully saturated rings. The van der Waals surface area contributed by atoms with E-state index in [9.17, 15) is 19.2 Å². The summed E-state index contributed by atoms with van der Waals surface area (Å²) in [4.78, 5) is 58.4. The van der Waals surface area contributed by atoms with Crippen LogP contribution in [0.2, 0.25) is 5.02 Å². The lowest BCUT2D eigenvalue weighted by Crippen LogP contribution is -2.46. The van der Waals surface area contributed by atoms with Gasteiger partial charge in [0.2, 0.25) is 17.7 Å². The van der Waals surface area contributed by atoms with Crippen LogP contribution in [0.1, 0.15) is 80.9 Å². The summed E-state index contributed by atoms with van der Waals surface area (Å²) in [6.07, 6.45) is 1.97. The number of rotatable bonds is 17. The fourth-order valence-corrected chi connectivity index (χ4v) is 8.76. The lowest BCUT2D eigenvalue weighted by molar-refractivity contribution is -0.123. The smallest absolute Gasteiger partial charge is 0.253 e. The van der Waals surface area contributed by atoms with E-state index in [1.807, 2.05) is 35.8 Å². The average Bonchev–Trinajstić information content (AvgIpc) is 3.86. The Morgan fingerprint density at radius 2 is 1.63 bits per heavy atom. The van der Waals surface area contributed by atoms with Crippen LogP contribution >= 0.6 is 22.9 Å². The monoisotopic (exact) mass is 844 g/mol. The maximum absolute atomic E-state index is 13.2. The molecule has 0 unspecified atom stereocenters. The van der Waals surface area contributed by atoms with Crippen LogP contribution < -0.4 is 16.0 Å². The number of benzene rings is 2. The SMILES string of the molecule is Cc1sc2c(c1C)C(c1ccc(Cl)cc1)=N[C@@H](CC(=O)NCCOCCOCCOCCC(=O)NC1CCN(C(=O)c3ccc4c(c3)CC(=O)N4)CC1)c1nnc(C)n1-2. The third kappa shape index (κ3) is 10.2. The molecule has 1 atom stereocenters. The van der Waals surface area contributed by atoms with Crippen molar-refractivity contribution in [2.24, 2.45) is 4.99 Å². The molecule has 0 aliphatic carbocycles. The van der Waals surface area contributed by atoms with Crippen LogP contribution in [0.15, 0.2) is 47.5 Å². The van der Waals surface area contributed by atoms with Gasteiger partial charge < -0.3 is 35.1 Å². The van der Waals surface area contributed by atoms with Crippen LogP contribution in [0.5, 0.6) is 0 Å². The third-order valence-electron chi connectivity index (χ3n) is 10.6. The minimum atomic E-state index is -0.551. The molecule has 7 rings (SSSR count). The van der Waals surface area contributed by atoms with Crippen molar-refractivity contribution in [3.05, 3.63) is 91.8 Å². The van der Waals surface area contributed by atoms with Gasteiger partial charge in [-0.15, -0.1) is 21.5 Å². The molecule has 3 aliphatic rings. The second-order valence-corrected chi connectivity index (χ2v) is 16.4. The zero-order valence-corrected chi connectivity index (χ0v) is 35.0. The number of carbonyl (C=O) groups excluding carboxylic acids is 4. The molecule has 2 aromatic heterocycles. The van der Waals surface area contributed by atoms with E-state index in [2.05, 4.69) is 40.0 Å². The first-order chi connectivity index (χ1) is 28.5. The first-order valence-corrected chi connectivity index (χ1v) is 21.1. The molecule has 59 heavy (non-hydrogen) atoms. The van der Waals surface area contributed by atoms with E-state index in [-0.39, 0.29) is 49.1 Å². The molecule has 15 nitrogen and oxygen atoms in total. The van der Waals surface area contributed by atoms with Crippen LogP contribution in [0, 0.1) is 20.8 Å². The van der Waals surface area contributed by atoms with Crippen LogP contribution in [0.25, 0.3) is 5.00 Å². The number of aromatic nitrogens is 3. The maximum atomic E-state index is 13.2. The van der Waals surface area contributed by atoms with Gasteiger partial charge in [0.05, 0.1) is 58.2 Å². The Kier molecular flexibility index (Phi) is 13.8. The Balaban J connectivity index is 0.744. The van der Waals surface area contributed by atoms with E-state index in [4.69, 9.17) is 30.8 Å². The summed E-state index contributed by atoms with van der Waals surface area (Å²) in [5, 5.41) is 19.2.